The van der Waals surface area contributed by atoms with E-state index in [4.69, 9.17) is 0 Å². The third kappa shape index (κ3) is 2.82. The quantitative estimate of drug-likeness (QED) is 0.850. The monoisotopic (exact) mass is 257 g/mol. The Bertz CT molecular complexity index is 541. The summed E-state index contributed by atoms with van der Waals surface area (Å²) in [4.78, 5) is 11.7. The Hall–Kier alpha value is -1.43. The van der Waals surface area contributed by atoms with Crippen molar-refractivity contribution in [3.8, 4) is 0 Å². The number of rotatable bonds is 2. The molecule has 0 bridgehead atoms. The summed E-state index contributed by atoms with van der Waals surface area (Å²) in [6, 6.07) is 5.20. The van der Waals surface area contributed by atoms with Crippen molar-refractivity contribution in [3.63, 3.8) is 0 Å². The molecule has 1 atom stereocenters. The third-order valence-electron chi connectivity index (χ3n) is 2.69. The Morgan fingerprint density at radius 3 is 2.65 bits per heavy atom. The van der Waals surface area contributed by atoms with Gasteiger partial charge in [-0.15, -0.1) is 0 Å². The van der Waals surface area contributed by atoms with Crippen LogP contribution in [0.25, 0.3) is 0 Å². The highest BCUT2D eigenvalue weighted by molar-refractivity contribution is 7.91. The summed E-state index contributed by atoms with van der Waals surface area (Å²) in [5, 5.41) is 2.53. The molecule has 0 aromatic heterocycles. The number of halogens is 1. The number of hydrogen-bond donors (Lipinski definition) is 1. The van der Waals surface area contributed by atoms with E-state index >= 15 is 0 Å². The van der Waals surface area contributed by atoms with Crippen LogP contribution in [0.2, 0.25) is 0 Å². The van der Waals surface area contributed by atoms with Gasteiger partial charge in [0.2, 0.25) is 0 Å². The molecule has 1 heterocycles. The van der Waals surface area contributed by atoms with E-state index < -0.39 is 27.6 Å². The van der Waals surface area contributed by atoms with E-state index in [9.17, 15) is 17.6 Å². The van der Waals surface area contributed by atoms with Crippen molar-refractivity contribution in [1.29, 1.82) is 0 Å². The topological polar surface area (TPSA) is 63.2 Å². The first kappa shape index (κ1) is 12.0. The molecule has 1 aliphatic heterocycles. The molecule has 2 rings (SSSR count). The largest absolute Gasteiger partial charge is 0.348 e. The fourth-order valence-corrected chi connectivity index (χ4v) is 3.49. The van der Waals surface area contributed by atoms with Gasteiger partial charge in [0, 0.05) is 6.04 Å². The second-order valence-corrected chi connectivity index (χ2v) is 6.28. The molecule has 1 saturated heterocycles. The lowest BCUT2D eigenvalue weighted by Crippen LogP contribution is -2.36. The molecule has 1 aromatic rings. The highest BCUT2D eigenvalue weighted by Crippen LogP contribution is 2.13. The van der Waals surface area contributed by atoms with Crippen LogP contribution < -0.4 is 5.32 Å². The van der Waals surface area contributed by atoms with Gasteiger partial charge in [-0.05, 0) is 18.6 Å². The molecule has 0 aliphatic carbocycles. The molecule has 1 aromatic carbocycles. The maximum Gasteiger partial charge on any atom is 0.254 e. The van der Waals surface area contributed by atoms with Crippen LogP contribution in [0.15, 0.2) is 24.3 Å². The minimum Gasteiger partial charge on any atom is -0.348 e. The SMILES string of the molecule is O=C(N[C@@H]1CCS(=O)(=O)C1)c1ccccc1F. The molecule has 1 N–H and O–H groups in total. The minimum atomic E-state index is -3.04. The average molecular weight is 257 g/mol. The molecule has 0 unspecified atom stereocenters. The molecule has 92 valence electrons. The van der Waals surface area contributed by atoms with Crippen molar-refractivity contribution in [2.75, 3.05) is 11.5 Å². The maximum absolute atomic E-state index is 13.3. The van der Waals surface area contributed by atoms with E-state index in [1.165, 1.54) is 18.2 Å². The summed E-state index contributed by atoms with van der Waals surface area (Å²) < 4.78 is 35.7. The van der Waals surface area contributed by atoms with Gasteiger partial charge in [0.25, 0.3) is 5.91 Å². The van der Waals surface area contributed by atoms with Gasteiger partial charge >= 0.3 is 0 Å². The number of carbonyl (C=O) groups excluding carboxylic acids is 1. The summed E-state index contributed by atoms with van der Waals surface area (Å²) in [6.07, 6.45) is 0.391. The summed E-state index contributed by atoms with van der Waals surface area (Å²) in [5.41, 5.74) is -0.0585. The molecular weight excluding hydrogens is 245 g/mol. The van der Waals surface area contributed by atoms with E-state index in [2.05, 4.69) is 5.32 Å². The minimum absolute atomic E-state index is 0.0585. The lowest BCUT2D eigenvalue weighted by molar-refractivity contribution is 0.0937. The fourth-order valence-electron chi connectivity index (χ4n) is 1.82. The van der Waals surface area contributed by atoms with Crippen LogP contribution in [0, 0.1) is 5.82 Å². The summed E-state index contributed by atoms with van der Waals surface area (Å²) in [5.74, 6) is -1.15. The van der Waals surface area contributed by atoms with E-state index in [1.54, 1.807) is 6.07 Å². The third-order valence-corrected chi connectivity index (χ3v) is 4.45. The highest BCUT2D eigenvalue weighted by atomic mass is 32.2. The molecule has 1 fully saturated rings. The predicted octanol–water partition coefficient (Wildman–Crippen LogP) is 0.743. The molecule has 4 nitrogen and oxygen atoms in total. The number of benzene rings is 1. The number of carbonyl (C=O) groups is 1. The van der Waals surface area contributed by atoms with Crippen molar-refractivity contribution in [2.24, 2.45) is 0 Å². The molecule has 0 saturated carbocycles. The van der Waals surface area contributed by atoms with Crippen LogP contribution in [-0.4, -0.2) is 31.9 Å². The molecule has 17 heavy (non-hydrogen) atoms. The van der Waals surface area contributed by atoms with E-state index in [0.29, 0.717) is 6.42 Å². The first-order chi connectivity index (χ1) is 7.98. The molecule has 1 aliphatic rings. The predicted molar refractivity (Wildman–Crippen MR) is 60.9 cm³/mol. The van der Waals surface area contributed by atoms with Crippen LogP contribution in [0.5, 0.6) is 0 Å². The van der Waals surface area contributed by atoms with Gasteiger partial charge in [-0.25, -0.2) is 12.8 Å². The van der Waals surface area contributed by atoms with Crippen molar-refractivity contribution in [1.82, 2.24) is 5.32 Å². The van der Waals surface area contributed by atoms with E-state index in [0.717, 1.165) is 0 Å². The smallest absolute Gasteiger partial charge is 0.254 e. The van der Waals surface area contributed by atoms with E-state index in [1.807, 2.05) is 0 Å². The van der Waals surface area contributed by atoms with Crippen LogP contribution >= 0.6 is 0 Å². The Morgan fingerprint density at radius 1 is 1.35 bits per heavy atom. The summed E-state index contributed by atoms with van der Waals surface area (Å²) in [7, 11) is -3.04. The van der Waals surface area contributed by atoms with Crippen LogP contribution in [0.3, 0.4) is 0 Å². The van der Waals surface area contributed by atoms with Crippen LogP contribution in [0.1, 0.15) is 16.8 Å². The number of hydrogen-bond acceptors (Lipinski definition) is 3. The fraction of sp³-hybridized carbons (Fsp3) is 0.364. The zero-order valence-electron chi connectivity index (χ0n) is 9.02. The zero-order chi connectivity index (χ0) is 12.5. The highest BCUT2D eigenvalue weighted by Gasteiger charge is 2.29. The molecular formula is C11H12FNO3S. The van der Waals surface area contributed by atoms with Crippen molar-refractivity contribution in [3.05, 3.63) is 35.6 Å². The zero-order valence-corrected chi connectivity index (χ0v) is 9.84. The average Bonchev–Trinajstić information content (AvgIpc) is 2.58. The Balaban J connectivity index is 2.06. The summed E-state index contributed by atoms with van der Waals surface area (Å²) in [6.45, 7) is 0. The van der Waals surface area contributed by atoms with Crippen LogP contribution in [-0.2, 0) is 9.84 Å². The second-order valence-electron chi connectivity index (χ2n) is 4.05. The Labute approximate surface area is 98.8 Å². The van der Waals surface area contributed by atoms with Gasteiger partial charge in [0.1, 0.15) is 5.82 Å². The van der Waals surface area contributed by atoms with Gasteiger partial charge in [0.05, 0.1) is 17.1 Å². The van der Waals surface area contributed by atoms with Crippen molar-refractivity contribution < 1.29 is 17.6 Å². The van der Waals surface area contributed by atoms with E-state index in [-0.39, 0.29) is 17.1 Å². The Morgan fingerprint density at radius 2 is 2.06 bits per heavy atom. The molecule has 6 heteroatoms. The van der Waals surface area contributed by atoms with Crippen molar-refractivity contribution in [2.45, 2.75) is 12.5 Å². The number of amides is 1. The lowest BCUT2D eigenvalue weighted by Gasteiger charge is -2.10. The van der Waals surface area contributed by atoms with Gasteiger partial charge in [-0.2, -0.15) is 0 Å². The first-order valence-corrected chi connectivity index (χ1v) is 7.06. The van der Waals surface area contributed by atoms with Gasteiger partial charge in [0.15, 0.2) is 9.84 Å². The number of sulfone groups is 1. The van der Waals surface area contributed by atoms with Crippen molar-refractivity contribution >= 4 is 15.7 Å². The Kier molecular flexibility index (Phi) is 3.15. The van der Waals surface area contributed by atoms with Gasteiger partial charge in [-0.1, -0.05) is 12.1 Å². The standard InChI is InChI=1S/C11H12FNO3S/c12-10-4-2-1-3-9(10)11(14)13-8-5-6-17(15,16)7-8/h1-4,8H,5-7H2,(H,13,14)/t8-/m1/s1. The van der Waals surface area contributed by atoms with Gasteiger partial charge < -0.3 is 5.32 Å². The maximum atomic E-state index is 13.3. The summed E-state index contributed by atoms with van der Waals surface area (Å²) >= 11 is 0. The molecule has 1 amide bonds. The normalized spacial score (nSPS) is 22.3. The molecule has 0 spiro atoms. The van der Waals surface area contributed by atoms with Gasteiger partial charge in [-0.3, -0.25) is 4.79 Å². The number of nitrogens with one attached hydrogen (secondary N) is 1. The first-order valence-electron chi connectivity index (χ1n) is 5.24. The second kappa shape index (κ2) is 4.44. The lowest BCUT2D eigenvalue weighted by atomic mass is 10.2. The van der Waals surface area contributed by atoms with Crippen LogP contribution in [0.4, 0.5) is 4.39 Å². The molecule has 0 radical (unpaired) electrons.